The van der Waals surface area contributed by atoms with E-state index in [0.29, 0.717) is 66.9 Å². The van der Waals surface area contributed by atoms with Gasteiger partial charge >= 0.3 is 0 Å². The van der Waals surface area contributed by atoms with E-state index in [4.69, 9.17) is 0 Å². The molecule has 2 aromatic heterocycles. The second-order valence-corrected chi connectivity index (χ2v) is 9.43. The van der Waals surface area contributed by atoms with E-state index < -0.39 is 0 Å². The van der Waals surface area contributed by atoms with Crippen molar-refractivity contribution in [3.63, 3.8) is 0 Å². The van der Waals surface area contributed by atoms with Gasteiger partial charge in [-0.05, 0) is 18.1 Å². The molecule has 0 spiro atoms. The second-order valence-electron chi connectivity index (χ2n) is 8.49. The van der Waals surface area contributed by atoms with Crippen molar-refractivity contribution in [3.05, 3.63) is 47.3 Å². The highest BCUT2D eigenvalue weighted by atomic mass is 32.2. The van der Waals surface area contributed by atoms with Gasteiger partial charge in [-0.2, -0.15) is 0 Å². The van der Waals surface area contributed by atoms with E-state index in [0.717, 1.165) is 0 Å². The topological polar surface area (TPSA) is 92.8 Å². The van der Waals surface area contributed by atoms with E-state index in [1.807, 2.05) is 41.3 Å². The Balaban J connectivity index is 1.49. The van der Waals surface area contributed by atoms with E-state index in [-0.39, 0.29) is 23.1 Å². The van der Waals surface area contributed by atoms with E-state index >= 15 is 0 Å². The van der Waals surface area contributed by atoms with Gasteiger partial charge in [0.2, 0.25) is 17.6 Å². The first kappa shape index (κ1) is 23.0. The normalized spacial score (nSPS) is 14.4. The Labute approximate surface area is 196 Å². The summed E-state index contributed by atoms with van der Waals surface area (Å²) in [5.41, 5.74) is 0.554. The number of piperazine rings is 1. The molecule has 1 aliphatic rings. The maximum atomic E-state index is 12.9. The molecule has 0 unspecified atom stereocenters. The molecular formula is C23H28N6O3S. The highest BCUT2D eigenvalue weighted by Gasteiger charge is 2.25. The van der Waals surface area contributed by atoms with Crippen LogP contribution in [-0.2, 0) is 16.1 Å². The first-order valence-electron chi connectivity index (χ1n) is 11.1. The number of benzene rings is 1. The molecule has 0 N–H and O–H groups in total. The molecule has 1 saturated heterocycles. The molecule has 4 rings (SSSR count). The Kier molecular flexibility index (Phi) is 6.83. The fourth-order valence-electron chi connectivity index (χ4n) is 4.02. The molecule has 3 aromatic rings. The van der Waals surface area contributed by atoms with Gasteiger partial charge in [-0.1, -0.05) is 43.8 Å². The van der Waals surface area contributed by atoms with Crippen LogP contribution in [0, 0.1) is 5.92 Å². The van der Waals surface area contributed by atoms with Crippen LogP contribution in [0.4, 0.5) is 0 Å². The van der Waals surface area contributed by atoms with Gasteiger partial charge in [0.1, 0.15) is 0 Å². The van der Waals surface area contributed by atoms with Crippen LogP contribution in [0.25, 0.3) is 16.7 Å². The number of thioether (sulfide) groups is 1. The minimum atomic E-state index is -0.150. The van der Waals surface area contributed by atoms with Crippen LogP contribution in [0.5, 0.6) is 0 Å². The molecule has 0 bridgehead atoms. The summed E-state index contributed by atoms with van der Waals surface area (Å²) in [5, 5.41) is 9.61. The predicted molar refractivity (Wildman–Crippen MR) is 128 cm³/mol. The molecule has 3 heterocycles. The molecule has 9 nitrogen and oxygen atoms in total. The lowest BCUT2D eigenvalue weighted by atomic mass is 10.1. The lowest BCUT2D eigenvalue weighted by Crippen LogP contribution is -2.51. The Morgan fingerprint density at radius 3 is 2.42 bits per heavy atom. The number of nitrogens with zero attached hydrogens (tertiary/aromatic N) is 6. The molecule has 1 aliphatic heterocycles. The first-order chi connectivity index (χ1) is 15.9. The third-order valence-corrected chi connectivity index (χ3v) is 6.60. The zero-order valence-corrected chi connectivity index (χ0v) is 19.8. The Bertz CT molecular complexity index is 1260. The van der Waals surface area contributed by atoms with Crippen molar-refractivity contribution in [2.75, 3.05) is 31.9 Å². The number of hydrogen-bond acceptors (Lipinski definition) is 6. The zero-order valence-electron chi connectivity index (χ0n) is 18.9. The van der Waals surface area contributed by atoms with Gasteiger partial charge in [-0.25, -0.2) is 0 Å². The average molecular weight is 469 g/mol. The SMILES string of the molecule is C=CCn1c(=O)c2ccccc2n2c(SCC(=O)N3CCN(C(=O)CC(C)C)CC3)nnc12. The number of para-hydroxylation sites is 1. The van der Waals surface area contributed by atoms with Crippen LogP contribution < -0.4 is 5.56 Å². The van der Waals surface area contributed by atoms with Gasteiger partial charge in [0.15, 0.2) is 5.16 Å². The second kappa shape index (κ2) is 9.78. The van der Waals surface area contributed by atoms with Gasteiger partial charge < -0.3 is 9.80 Å². The number of allylic oxidation sites excluding steroid dienone is 1. The average Bonchev–Trinajstić information content (AvgIpc) is 3.24. The Morgan fingerprint density at radius 2 is 1.76 bits per heavy atom. The lowest BCUT2D eigenvalue weighted by molar-refractivity contribution is -0.138. The van der Waals surface area contributed by atoms with Crippen molar-refractivity contribution in [1.29, 1.82) is 0 Å². The minimum absolute atomic E-state index is 0.00331. The molecule has 0 saturated carbocycles. The molecule has 33 heavy (non-hydrogen) atoms. The summed E-state index contributed by atoms with van der Waals surface area (Å²) in [4.78, 5) is 41.6. The van der Waals surface area contributed by atoms with Crippen molar-refractivity contribution >= 4 is 40.3 Å². The number of rotatable bonds is 7. The van der Waals surface area contributed by atoms with E-state index in [2.05, 4.69) is 16.8 Å². The first-order valence-corrected chi connectivity index (χ1v) is 12.0. The number of carbonyl (C=O) groups excluding carboxylic acids is 2. The summed E-state index contributed by atoms with van der Waals surface area (Å²) in [6.07, 6.45) is 2.18. The van der Waals surface area contributed by atoms with Crippen molar-refractivity contribution < 1.29 is 9.59 Å². The Hall–Kier alpha value is -3.14. The standard InChI is InChI=1S/C23H28N6O3S/c1-4-9-28-21(32)17-7-5-6-8-18(17)29-22(28)24-25-23(29)33-15-20(31)27-12-10-26(11-13-27)19(30)14-16(2)3/h4-8,16H,1,9-15H2,2-3H3. The molecular weight excluding hydrogens is 440 g/mol. The number of amides is 2. The number of aromatic nitrogens is 4. The predicted octanol–water partition coefficient (Wildman–Crippen LogP) is 2.04. The Morgan fingerprint density at radius 1 is 1.09 bits per heavy atom. The van der Waals surface area contributed by atoms with Gasteiger partial charge in [0.25, 0.3) is 5.56 Å². The summed E-state index contributed by atoms with van der Waals surface area (Å²) in [5.74, 6) is 1.10. The quantitative estimate of drug-likeness (QED) is 0.389. The van der Waals surface area contributed by atoms with E-state index in [1.165, 1.54) is 16.3 Å². The van der Waals surface area contributed by atoms with Gasteiger partial charge in [0.05, 0.1) is 16.7 Å². The molecule has 174 valence electrons. The largest absolute Gasteiger partial charge is 0.339 e. The number of fused-ring (bicyclic) bond motifs is 3. The van der Waals surface area contributed by atoms with Gasteiger partial charge in [0, 0.05) is 39.1 Å². The summed E-state index contributed by atoms with van der Waals surface area (Å²) in [6, 6.07) is 7.31. The summed E-state index contributed by atoms with van der Waals surface area (Å²) in [7, 11) is 0. The summed E-state index contributed by atoms with van der Waals surface area (Å²) >= 11 is 1.30. The van der Waals surface area contributed by atoms with E-state index in [1.54, 1.807) is 17.0 Å². The van der Waals surface area contributed by atoms with Crippen molar-refractivity contribution in [3.8, 4) is 0 Å². The van der Waals surface area contributed by atoms with Crippen LogP contribution in [0.1, 0.15) is 20.3 Å². The third-order valence-electron chi connectivity index (χ3n) is 5.68. The number of carbonyl (C=O) groups is 2. The third kappa shape index (κ3) is 4.66. The van der Waals surface area contributed by atoms with Gasteiger partial charge in [-0.3, -0.25) is 23.4 Å². The molecule has 10 heteroatoms. The molecule has 0 aliphatic carbocycles. The molecule has 0 radical (unpaired) electrons. The molecule has 1 aromatic carbocycles. The summed E-state index contributed by atoms with van der Waals surface area (Å²) < 4.78 is 3.35. The smallest absolute Gasteiger partial charge is 0.263 e. The maximum absolute atomic E-state index is 12.9. The minimum Gasteiger partial charge on any atom is -0.339 e. The van der Waals surface area contributed by atoms with Crippen LogP contribution in [0.2, 0.25) is 0 Å². The monoisotopic (exact) mass is 468 g/mol. The molecule has 2 amide bonds. The lowest BCUT2D eigenvalue weighted by Gasteiger charge is -2.35. The maximum Gasteiger partial charge on any atom is 0.263 e. The van der Waals surface area contributed by atoms with E-state index in [9.17, 15) is 14.4 Å². The van der Waals surface area contributed by atoms with Crippen LogP contribution in [-0.4, -0.2) is 72.7 Å². The molecule has 0 atom stereocenters. The van der Waals surface area contributed by atoms with Crippen LogP contribution in [0.15, 0.2) is 46.9 Å². The van der Waals surface area contributed by atoms with Crippen LogP contribution in [0.3, 0.4) is 0 Å². The highest BCUT2D eigenvalue weighted by Crippen LogP contribution is 2.22. The van der Waals surface area contributed by atoms with Crippen molar-refractivity contribution in [2.24, 2.45) is 5.92 Å². The molecule has 1 fully saturated rings. The van der Waals surface area contributed by atoms with Crippen molar-refractivity contribution in [1.82, 2.24) is 29.0 Å². The zero-order chi connectivity index (χ0) is 23.5. The summed E-state index contributed by atoms with van der Waals surface area (Å²) in [6.45, 7) is 10.3. The fourth-order valence-corrected chi connectivity index (χ4v) is 4.86. The fraction of sp³-hybridized carbons (Fsp3) is 0.435. The number of hydrogen-bond donors (Lipinski definition) is 0. The van der Waals surface area contributed by atoms with Gasteiger partial charge in [-0.15, -0.1) is 16.8 Å². The highest BCUT2D eigenvalue weighted by molar-refractivity contribution is 7.99. The van der Waals surface area contributed by atoms with Crippen molar-refractivity contribution in [2.45, 2.75) is 32.0 Å². The van der Waals surface area contributed by atoms with Crippen LogP contribution >= 0.6 is 11.8 Å².